The van der Waals surface area contributed by atoms with E-state index in [0.717, 1.165) is 6.42 Å². The predicted molar refractivity (Wildman–Crippen MR) is 83.2 cm³/mol. The maximum absolute atomic E-state index is 12.4. The van der Waals surface area contributed by atoms with E-state index in [0.29, 0.717) is 21.9 Å². The summed E-state index contributed by atoms with van der Waals surface area (Å²) in [6.07, 6.45) is 4.67. The molecular formula is C18H18O2. The lowest BCUT2D eigenvalue weighted by Crippen LogP contribution is -2.02. The van der Waals surface area contributed by atoms with Crippen molar-refractivity contribution in [2.45, 2.75) is 32.6 Å². The molecule has 1 aromatic heterocycles. The van der Waals surface area contributed by atoms with Crippen LogP contribution in [0.3, 0.4) is 0 Å². The Labute approximate surface area is 118 Å². The monoisotopic (exact) mass is 266 g/mol. The van der Waals surface area contributed by atoms with Crippen molar-refractivity contribution in [1.82, 2.24) is 0 Å². The number of aryl methyl sites for hydroxylation is 1. The van der Waals surface area contributed by atoms with Gasteiger partial charge in [0.25, 0.3) is 0 Å². The van der Waals surface area contributed by atoms with E-state index in [4.69, 9.17) is 4.42 Å². The molecule has 0 amide bonds. The second kappa shape index (κ2) is 5.49. The molecule has 0 radical (unpaired) electrons. The Balaban J connectivity index is 2.10. The lowest BCUT2D eigenvalue weighted by Gasteiger charge is -2.04. The number of para-hydroxylation sites is 1. The molecule has 2 aromatic carbocycles. The fourth-order valence-electron chi connectivity index (χ4n) is 2.58. The van der Waals surface area contributed by atoms with E-state index >= 15 is 0 Å². The van der Waals surface area contributed by atoms with Gasteiger partial charge in [0.2, 0.25) is 5.43 Å². The minimum atomic E-state index is 0.0574. The Morgan fingerprint density at radius 3 is 2.60 bits per heavy atom. The molecule has 0 aliphatic carbocycles. The third-order valence-electron chi connectivity index (χ3n) is 3.71. The van der Waals surface area contributed by atoms with Gasteiger partial charge in [-0.2, -0.15) is 0 Å². The molecule has 2 heteroatoms. The summed E-state index contributed by atoms with van der Waals surface area (Å²) >= 11 is 0. The molecule has 3 rings (SSSR count). The Hall–Kier alpha value is -2.09. The van der Waals surface area contributed by atoms with E-state index in [2.05, 4.69) is 6.92 Å². The topological polar surface area (TPSA) is 30.2 Å². The van der Waals surface area contributed by atoms with Crippen LogP contribution in [0.4, 0.5) is 0 Å². The Morgan fingerprint density at radius 2 is 1.75 bits per heavy atom. The van der Waals surface area contributed by atoms with Gasteiger partial charge in [0, 0.05) is 0 Å². The molecule has 102 valence electrons. The van der Waals surface area contributed by atoms with Gasteiger partial charge in [0.1, 0.15) is 11.2 Å². The summed E-state index contributed by atoms with van der Waals surface area (Å²) in [6.45, 7) is 2.20. The van der Waals surface area contributed by atoms with Crippen molar-refractivity contribution in [3.8, 4) is 0 Å². The van der Waals surface area contributed by atoms with Gasteiger partial charge in [-0.15, -0.1) is 0 Å². The van der Waals surface area contributed by atoms with Crippen molar-refractivity contribution in [2.24, 2.45) is 0 Å². The first kappa shape index (κ1) is 12.9. The maximum atomic E-state index is 12.4. The molecule has 0 unspecified atom stereocenters. The molecule has 2 nitrogen and oxygen atoms in total. The first-order chi connectivity index (χ1) is 9.79. The van der Waals surface area contributed by atoms with Crippen molar-refractivity contribution in [2.75, 3.05) is 0 Å². The molecule has 0 atom stereocenters. The van der Waals surface area contributed by atoms with Gasteiger partial charge in [-0.05, 0) is 42.7 Å². The third kappa shape index (κ3) is 2.34. The summed E-state index contributed by atoms with van der Waals surface area (Å²) in [5, 5.41) is 1.32. The molecule has 1 heterocycles. The summed E-state index contributed by atoms with van der Waals surface area (Å²) in [5.41, 5.74) is 2.66. The minimum absolute atomic E-state index is 0.0574. The van der Waals surface area contributed by atoms with Crippen molar-refractivity contribution >= 4 is 21.9 Å². The summed E-state index contributed by atoms with van der Waals surface area (Å²) in [5.74, 6) is 0. The lowest BCUT2D eigenvalue weighted by molar-refractivity contribution is 0.657. The standard InChI is InChI=1S/C18H18O2/c1-2-3-4-7-13-10-11-15-17(12-13)20-16-9-6-5-8-14(16)18(15)19/h5-6,8-12H,2-4,7H2,1H3. The fraction of sp³-hybridized carbons (Fsp3) is 0.278. The van der Waals surface area contributed by atoms with Crippen LogP contribution < -0.4 is 5.43 Å². The molecule has 0 N–H and O–H groups in total. The SMILES string of the molecule is CCCCCc1ccc2c(=O)c3ccccc3oc2c1. The number of hydrogen-bond donors (Lipinski definition) is 0. The summed E-state index contributed by atoms with van der Waals surface area (Å²) < 4.78 is 5.87. The highest BCUT2D eigenvalue weighted by atomic mass is 16.3. The zero-order valence-corrected chi connectivity index (χ0v) is 11.7. The van der Waals surface area contributed by atoms with Crippen LogP contribution in [0.2, 0.25) is 0 Å². The Bertz CT molecular complexity index is 799. The van der Waals surface area contributed by atoms with Crippen molar-refractivity contribution in [3.63, 3.8) is 0 Å². The van der Waals surface area contributed by atoms with E-state index in [9.17, 15) is 4.79 Å². The van der Waals surface area contributed by atoms with Crippen LogP contribution in [-0.4, -0.2) is 0 Å². The van der Waals surface area contributed by atoms with Crippen molar-refractivity contribution in [1.29, 1.82) is 0 Å². The van der Waals surface area contributed by atoms with Crippen LogP contribution in [0, 0.1) is 0 Å². The van der Waals surface area contributed by atoms with Gasteiger partial charge >= 0.3 is 0 Å². The van der Waals surface area contributed by atoms with Crippen LogP contribution in [0.15, 0.2) is 51.7 Å². The summed E-state index contributed by atoms with van der Waals surface area (Å²) in [6, 6.07) is 13.4. The first-order valence-electron chi connectivity index (χ1n) is 7.24. The number of benzene rings is 2. The summed E-state index contributed by atoms with van der Waals surface area (Å²) in [7, 11) is 0. The third-order valence-corrected chi connectivity index (χ3v) is 3.71. The molecule has 0 saturated carbocycles. The van der Waals surface area contributed by atoms with Gasteiger partial charge in [0.05, 0.1) is 10.8 Å². The average molecular weight is 266 g/mol. The molecule has 0 fully saturated rings. The van der Waals surface area contributed by atoms with Gasteiger partial charge in [-0.25, -0.2) is 0 Å². The zero-order chi connectivity index (χ0) is 13.9. The molecular weight excluding hydrogens is 248 g/mol. The normalized spacial score (nSPS) is 11.2. The van der Waals surface area contributed by atoms with E-state index in [1.807, 2.05) is 42.5 Å². The van der Waals surface area contributed by atoms with Crippen molar-refractivity contribution < 1.29 is 4.42 Å². The highest BCUT2D eigenvalue weighted by molar-refractivity contribution is 5.89. The smallest absolute Gasteiger partial charge is 0.200 e. The van der Waals surface area contributed by atoms with Crippen LogP contribution >= 0.6 is 0 Å². The maximum Gasteiger partial charge on any atom is 0.200 e. The number of rotatable bonds is 4. The highest BCUT2D eigenvalue weighted by Gasteiger charge is 2.07. The highest BCUT2D eigenvalue weighted by Crippen LogP contribution is 2.20. The fourth-order valence-corrected chi connectivity index (χ4v) is 2.58. The van der Waals surface area contributed by atoms with E-state index in [-0.39, 0.29) is 5.43 Å². The zero-order valence-electron chi connectivity index (χ0n) is 11.7. The van der Waals surface area contributed by atoms with E-state index in [1.54, 1.807) is 0 Å². The second-order valence-corrected chi connectivity index (χ2v) is 5.21. The summed E-state index contributed by atoms with van der Waals surface area (Å²) in [4.78, 5) is 12.4. The number of hydrogen-bond acceptors (Lipinski definition) is 2. The number of unbranched alkanes of at least 4 members (excludes halogenated alkanes) is 2. The molecule has 0 saturated heterocycles. The molecule has 0 aliphatic heterocycles. The lowest BCUT2D eigenvalue weighted by atomic mass is 10.0. The second-order valence-electron chi connectivity index (χ2n) is 5.21. The van der Waals surface area contributed by atoms with Crippen molar-refractivity contribution in [3.05, 3.63) is 58.3 Å². The molecule has 3 aromatic rings. The Kier molecular flexibility index (Phi) is 3.55. The van der Waals surface area contributed by atoms with Gasteiger partial charge in [-0.1, -0.05) is 38.0 Å². The average Bonchev–Trinajstić information content (AvgIpc) is 2.48. The van der Waals surface area contributed by atoms with Crippen LogP contribution in [0.25, 0.3) is 21.9 Å². The van der Waals surface area contributed by atoms with Crippen LogP contribution in [-0.2, 0) is 6.42 Å². The van der Waals surface area contributed by atoms with Crippen LogP contribution in [0.1, 0.15) is 31.7 Å². The molecule has 0 spiro atoms. The Morgan fingerprint density at radius 1 is 0.950 bits per heavy atom. The largest absolute Gasteiger partial charge is 0.456 e. The number of fused-ring (bicyclic) bond motifs is 2. The first-order valence-corrected chi connectivity index (χ1v) is 7.24. The van der Waals surface area contributed by atoms with Gasteiger partial charge in [0.15, 0.2) is 0 Å². The minimum Gasteiger partial charge on any atom is -0.456 e. The van der Waals surface area contributed by atoms with E-state index in [1.165, 1.54) is 24.8 Å². The van der Waals surface area contributed by atoms with Crippen LogP contribution in [0.5, 0.6) is 0 Å². The quantitative estimate of drug-likeness (QED) is 0.507. The van der Waals surface area contributed by atoms with Gasteiger partial charge < -0.3 is 4.42 Å². The molecule has 0 bridgehead atoms. The van der Waals surface area contributed by atoms with E-state index < -0.39 is 0 Å². The molecule has 20 heavy (non-hydrogen) atoms. The molecule has 0 aliphatic rings. The predicted octanol–water partition coefficient (Wildman–Crippen LogP) is 4.68. The van der Waals surface area contributed by atoms with Gasteiger partial charge in [-0.3, -0.25) is 4.79 Å².